The van der Waals surface area contributed by atoms with Gasteiger partial charge in [0.15, 0.2) is 0 Å². The van der Waals surface area contributed by atoms with Crippen LogP contribution in [0, 0.1) is 5.92 Å². The van der Waals surface area contributed by atoms with Gasteiger partial charge >= 0.3 is 0 Å². The molecule has 0 aromatic heterocycles. The first kappa shape index (κ1) is 36.9. The molecule has 2 atom stereocenters. The fourth-order valence-electron chi connectivity index (χ4n) is 5.22. The number of aliphatic carboxylic acids is 1. The fraction of sp³-hybridized carbons (Fsp3) is 0.484. The molecule has 2 aromatic rings. The Morgan fingerprint density at radius 1 is 1.06 bits per heavy atom. The van der Waals surface area contributed by atoms with Crippen molar-refractivity contribution in [3.05, 3.63) is 42.5 Å². The number of hydrogen-bond acceptors (Lipinski definition) is 9. The van der Waals surface area contributed by atoms with Gasteiger partial charge in [-0.05, 0) is 54.5 Å². The number of ketones is 1. The van der Waals surface area contributed by atoms with E-state index in [0.29, 0.717) is 31.3 Å². The van der Waals surface area contributed by atoms with Crippen LogP contribution in [0.25, 0.3) is 10.8 Å². The number of nitrogens with one attached hydrogen (secondary N) is 3. The number of hydrogen-bond donors (Lipinski definition) is 5. The summed E-state index contributed by atoms with van der Waals surface area (Å²) in [6, 6.07) is 10.5. The molecule has 1 saturated carbocycles. The Balaban J connectivity index is 0.00000142. The van der Waals surface area contributed by atoms with Crippen molar-refractivity contribution in [1.29, 1.82) is 0 Å². The van der Waals surface area contributed by atoms with Gasteiger partial charge in [-0.1, -0.05) is 30.3 Å². The zero-order valence-corrected chi connectivity index (χ0v) is 27.4. The number of likely N-dealkylation sites (tertiary alicyclic amines) is 1. The smallest absolute Gasteiger partial charge is 0.300 e. The maximum Gasteiger partial charge on any atom is 0.300 e. The number of piperidine rings is 1. The highest BCUT2D eigenvalue weighted by Crippen LogP contribution is 2.28. The third-order valence-electron chi connectivity index (χ3n) is 7.61. The van der Waals surface area contributed by atoms with Gasteiger partial charge in [-0.25, -0.2) is 8.42 Å². The number of amides is 3. The Labute approximate surface area is 274 Å². The van der Waals surface area contributed by atoms with Crippen LogP contribution in [0.2, 0.25) is 0 Å². The lowest BCUT2D eigenvalue weighted by Gasteiger charge is -2.31. The van der Waals surface area contributed by atoms with Crippen molar-refractivity contribution >= 4 is 56.6 Å². The summed E-state index contributed by atoms with van der Waals surface area (Å²) in [5.74, 6) is 2.12. The molecule has 3 amide bonds. The molecule has 0 unspecified atom stereocenters. The predicted molar refractivity (Wildman–Crippen MR) is 174 cm³/mol. The van der Waals surface area contributed by atoms with Crippen LogP contribution in [0.3, 0.4) is 0 Å². The van der Waals surface area contributed by atoms with Gasteiger partial charge in [0.1, 0.15) is 12.4 Å². The number of Topliss-reactive ketones (excluding diaryl/α,β-unsaturated/α-hetero) is 1. The lowest BCUT2D eigenvalue weighted by atomic mass is 9.98. The Morgan fingerprint density at radius 3 is 2.38 bits per heavy atom. The van der Waals surface area contributed by atoms with E-state index >= 15 is 0 Å². The van der Waals surface area contributed by atoms with Crippen LogP contribution in [0.4, 0.5) is 0 Å². The van der Waals surface area contributed by atoms with E-state index in [2.05, 4.69) is 20.5 Å². The summed E-state index contributed by atoms with van der Waals surface area (Å²) in [6.45, 7) is 4.16. The normalized spacial score (nSPS) is 16.9. The van der Waals surface area contributed by atoms with Crippen molar-refractivity contribution in [1.82, 2.24) is 25.2 Å². The zero-order valence-electron chi connectivity index (χ0n) is 26.6. The predicted octanol–water partition coefficient (Wildman–Crippen LogP) is 0.394. The highest BCUT2D eigenvalue weighted by atomic mass is 32.2. The number of carboxylic acid groups (broad SMARTS) is 1. The highest BCUT2D eigenvalue weighted by Gasteiger charge is 2.38. The molecule has 1 saturated heterocycles. The summed E-state index contributed by atoms with van der Waals surface area (Å²) in [5, 5.41) is 17.9. The first-order valence-electron chi connectivity index (χ1n) is 15.3. The van der Waals surface area contributed by atoms with E-state index in [-0.39, 0.29) is 29.9 Å². The molecule has 0 spiro atoms. The van der Waals surface area contributed by atoms with Crippen molar-refractivity contribution in [2.45, 2.75) is 62.9 Å². The fourth-order valence-corrected chi connectivity index (χ4v) is 6.45. The molecular weight excluding hydrogens is 630 g/mol. The number of carboxylic acids is 1. The van der Waals surface area contributed by atoms with Crippen LogP contribution in [-0.2, 0) is 34.0 Å². The molecule has 0 radical (unpaired) electrons. The average molecular weight is 674 g/mol. The monoisotopic (exact) mass is 673 g/mol. The molecule has 15 nitrogen and oxygen atoms in total. The number of sulfonamides is 1. The molecule has 16 heteroatoms. The van der Waals surface area contributed by atoms with E-state index < -0.39 is 52.0 Å². The van der Waals surface area contributed by atoms with Gasteiger partial charge in [-0.15, -0.1) is 0 Å². The van der Waals surface area contributed by atoms with Crippen LogP contribution in [-0.4, -0.2) is 104 Å². The summed E-state index contributed by atoms with van der Waals surface area (Å²) in [5.41, 5.74) is 0. The molecule has 2 fully saturated rings. The van der Waals surface area contributed by atoms with E-state index in [4.69, 9.17) is 15.7 Å². The van der Waals surface area contributed by atoms with Gasteiger partial charge in [-0.2, -0.15) is 9.82 Å². The largest absolute Gasteiger partial charge is 0.481 e. The van der Waals surface area contributed by atoms with E-state index in [1.807, 2.05) is 17.0 Å². The number of carbonyl (C=O) groups excluding carboxylic acids is 4. The third kappa shape index (κ3) is 11.9. The van der Waals surface area contributed by atoms with Crippen molar-refractivity contribution in [3.8, 4) is 0 Å². The van der Waals surface area contributed by atoms with E-state index in [1.54, 1.807) is 24.5 Å². The van der Waals surface area contributed by atoms with E-state index in [0.717, 1.165) is 38.6 Å². The Morgan fingerprint density at radius 2 is 1.74 bits per heavy atom. The maximum atomic E-state index is 13.8. The van der Waals surface area contributed by atoms with Gasteiger partial charge in [0, 0.05) is 52.6 Å². The molecule has 4 rings (SSSR count). The lowest BCUT2D eigenvalue weighted by molar-refractivity contribution is -0.137. The van der Waals surface area contributed by atoms with Crippen LogP contribution in [0.1, 0.15) is 46.0 Å². The minimum Gasteiger partial charge on any atom is -0.481 e. The number of fused-ring (bicyclic) bond motifs is 1. The summed E-state index contributed by atoms with van der Waals surface area (Å²) in [4.78, 5) is 62.4. The molecule has 1 heterocycles. The SMILES string of the molecule is CC(=O)C(=O)NCCN(C(=O)[C@H](CC(=O)NC[C@@H]1CCCN(C=NN)C1)NS(=O)(=O)c1ccc2ccccc2c1)C1CC1.CC(=O)O. The van der Waals surface area contributed by atoms with Crippen molar-refractivity contribution in [2.24, 2.45) is 16.9 Å². The maximum absolute atomic E-state index is 13.8. The molecule has 2 aromatic carbocycles. The van der Waals surface area contributed by atoms with Crippen molar-refractivity contribution < 1.29 is 37.5 Å². The molecule has 0 bridgehead atoms. The summed E-state index contributed by atoms with van der Waals surface area (Å²) >= 11 is 0. The van der Waals surface area contributed by atoms with Crippen LogP contribution in [0.5, 0.6) is 0 Å². The zero-order chi connectivity index (χ0) is 34.6. The van der Waals surface area contributed by atoms with E-state index in [1.165, 1.54) is 17.0 Å². The van der Waals surface area contributed by atoms with Crippen molar-refractivity contribution in [3.63, 3.8) is 0 Å². The Kier molecular flexibility index (Phi) is 13.6. The van der Waals surface area contributed by atoms with Crippen LogP contribution >= 0.6 is 0 Å². The average Bonchev–Trinajstić information content (AvgIpc) is 3.86. The van der Waals surface area contributed by atoms with Gasteiger partial charge in [0.25, 0.3) is 11.9 Å². The molecule has 47 heavy (non-hydrogen) atoms. The van der Waals surface area contributed by atoms with Gasteiger partial charge < -0.3 is 31.4 Å². The number of nitrogens with two attached hydrogens (primary N) is 1. The molecule has 2 aliphatic rings. The molecule has 1 aliphatic heterocycles. The third-order valence-corrected chi connectivity index (χ3v) is 9.08. The second-order valence-electron chi connectivity index (χ2n) is 11.6. The number of nitrogens with zero attached hydrogens (tertiary/aromatic N) is 3. The minimum atomic E-state index is -4.20. The quantitative estimate of drug-likeness (QED) is 0.0611. The van der Waals surface area contributed by atoms with Crippen molar-refractivity contribution in [2.75, 3.05) is 32.7 Å². The van der Waals surface area contributed by atoms with E-state index in [9.17, 15) is 27.6 Å². The molecular formula is C31H43N7O8S. The lowest BCUT2D eigenvalue weighted by Crippen LogP contribution is -2.53. The van der Waals surface area contributed by atoms with Gasteiger partial charge in [-0.3, -0.25) is 24.0 Å². The summed E-state index contributed by atoms with van der Waals surface area (Å²) in [7, 11) is -4.20. The molecule has 1 aliphatic carbocycles. The van der Waals surface area contributed by atoms with Gasteiger partial charge in [0.05, 0.1) is 11.3 Å². The second kappa shape index (κ2) is 17.4. The first-order valence-corrected chi connectivity index (χ1v) is 16.8. The first-order chi connectivity index (χ1) is 22.3. The Hall–Kier alpha value is -4.57. The Bertz CT molecular complexity index is 1570. The summed E-state index contributed by atoms with van der Waals surface area (Å²) < 4.78 is 29.5. The second-order valence-corrected chi connectivity index (χ2v) is 13.3. The van der Waals surface area contributed by atoms with Crippen LogP contribution < -0.4 is 21.2 Å². The topological polar surface area (TPSA) is 221 Å². The number of rotatable bonds is 14. The minimum absolute atomic E-state index is 0.0152. The number of carbonyl (C=O) groups is 5. The standard InChI is InChI=1S/C29H39N7O6S.C2H4O2/c1-20(37)28(39)31-12-14-36(24-9-10-24)29(40)26(16-27(38)32-17-21-5-4-13-35(18-21)19-33-30)34-43(41,42)25-11-8-22-6-2-3-7-23(22)15-25;1-2(3)4/h2-3,6-8,11,15,19,21,24,26,34H,4-5,9-10,12-14,16-18,30H2,1H3,(H,31,39)(H,32,38);1H3,(H,3,4)/t21-,26-;/m0./s1. The summed E-state index contributed by atoms with van der Waals surface area (Å²) in [6.07, 6.45) is 4.40. The van der Waals surface area contributed by atoms with Crippen LogP contribution in [0.15, 0.2) is 52.5 Å². The molecule has 256 valence electrons. The van der Waals surface area contributed by atoms with Gasteiger partial charge in [0.2, 0.25) is 27.6 Å². The number of hydrazone groups is 1. The number of benzene rings is 2. The highest BCUT2D eigenvalue weighted by molar-refractivity contribution is 7.89. The molecule has 6 N–H and O–H groups in total.